The minimum Gasteiger partial charge on any atom is -0.348 e. The number of pyridine rings is 1. The van der Waals surface area contributed by atoms with E-state index < -0.39 is 17.9 Å². The Hall–Kier alpha value is -2.40. The predicted octanol–water partition coefficient (Wildman–Crippen LogP) is 3.90. The van der Waals surface area contributed by atoms with Crippen molar-refractivity contribution in [3.05, 3.63) is 46.0 Å². The highest BCUT2D eigenvalue weighted by Crippen LogP contribution is 2.31. The third kappa shape index (κ3) is 4.07. The van der Waals surface area contributed by atoms with E-state index in [1.54, 1.807) is 13.8 Å². The fourth-order valence-electron chi connectivity index (χ4n) is 1.89. The van der Waals surface area contributed by atoms with Crippen LogP contribution >= 0.6 is 11.6 Å². The Bertz CT molecular complexity index is 770. The van der Waals surface area contributed by atoms with Crippen LogP contribution < -0.4 is 5.32 Å². The van der Waals surface area contributed by atoms with Crippen molar-refractivity contribution in [1.82, 2.24) is 15.0 Å². The number of halogens is 4. The Balaban J connectivity index is 2.26. The summed E-state index contributed by atoms with van der Waals surface area (Å²) in [6.07, 6.45) is -4.56. The third-order valence-electron chi connectivity index (χ3n) is 2.95. The zero-order chi connectivity index (χ0) is 17.2. The number of anilines is 1. The molecular formula is C14H11ClF3N5. The van der Waals surface area contributed by atoms with Gasteiger partial charge in [0.1, 0.15) is 22.6 Å². The first kappa shape index (κ1) is 17.0. The van der Waals surface area contributed by atoms with Gasteiger partial charge in [-0.2, -0.15) is 18.4 Å². The Morgan fingerprint density at radius 3 is 2.52 bits per heavy atom. The van der Waals surface area contributed by atoms with Gasteiger partial charge in [0.2, 0.25) is 5.95 Å². The molecule has 5 nitrogen and oxygen atoms in total. The van der Waals surface area contributed by atoms with Crippen LogP contribution in [0.4, 0.5) is 19.1 Å². The summed E-state index contributed by atoms with van der Waals surface area (Å²) in [6, 6.07) is 5.03. The van der Waals surface area contributed by atoms with E-state index in [2.05, 4.69) is 20.3 Å². The molecule has 0 aliphatic carbocycles. The van der Waals surface area contributed by atoms with E-state index in [0.717, 1.165) is 6.07 Å². The summed E-state index contributed by atoms with van der Waals surface area (Å²) in [7, 11) is 0. The number of rotatable bonds is 3. The summed E-state index contributed by atoms with van der Waals surface area (Å²) in [5.74, 6) is 0.185. The van der Waals surface area contributed by atoms with Gasteiger partial charge in [-0.25, -0.2) is 15.0 Å². The fraction of sp³-hybridized carbons (Fsp3) is 0.286. The van der Waals surface area contributed by atoms with E-state index >= 15 is 0 Å². The van der Waals surface area contributed by atoms with Crippen molar-refractivity contribution >= 4 is 17.5 Å². The highest BCUT2D eigenvalue weighted by Gasteiger charge is 2.33. The molecule has 0 aromatic carbocycles. The topological polar surface area (TPSA) is 74.5 Å². The standard InChI is InChI=1S/C14H11ClF3N5/c1-7-5-9(6-19)22-13(20-7)21-8(2)10-3-4-11(14(16,17)18)23-12(10)15/h3-5,8H,1-2H3,(H,20,21,22)/t8-/m0/s1. The van der Waals surface area contributed by atoms with Gasteiger partial charge in [-0.05, 0) is 26.0 Å². The van der Waals surface area contributed by atoms with E-state index in [9.17, 15) is 13.2 Å². The smallest absolute Gasteiger partial charge is 0.348 e. The van der Waals surface area contributed by atoms with Crippen LogP contribution in [-0.4, -0.2) is 15.0 Å². The minimum atomic E-state index is -4.56. The van der Waals surface area contributed by atoms with E-state index in [0.29, 0.717) is 11.3 Å². The number of hydrogen-bond acceptors (Lipinski definition) is 5. The molecule has 0 saturated carbocycles. The van der Waals surface area contributed by atoms with Crippen molar-refractivity contribution in [1.29, 1.82) is 5.26 Å². The van der Waals surface area contributed by atoms with Crippen molar-refractivity contribution < 1.29 is 13.2 Å². The first-order valence-electron chi connectivity index (χ1n) is 6.46. The van der Waals surface area contributed by atoms with Gasteiger partial charge in [-0.3, -0.25) is 0 Å². The van der Waals surface area contributed by atoms with E-state index in [4.69, 9.17) is 16.9 Å². The number of nitriles is 1. The molecule has 23 heavy (non-hydrogen) atoms. The average Bonchev–Trinajstić information content (AvgIpc) is 2.45. The van der Waals surface area contributed by atoms with E-state index in [-0.39, 0.29) is 16.8 Å². The number of nitrogens with zero attached hydrogens (tertiary/aromatic N) is 4. The van der Waals surface area contributed by atoms with Crippen LogP contribution in [0.3, 0.4) is 0 Å². The molecule has 0 aliphatic heterocycles. The average molecular weight is 342 g/mol. The van der Waals surface area contributed by atoms with Gasteiger partial charge in [0.05, 0.1) is 6.04 Å². The minimum absolute atomic E-state index is 0.184. The highest BCUT2D eigenvalue weighted by atomic mass is 35.5. The van der Waals surface area contributed by atoms with Crippen LogP contribution in [0, 0.1) is 18.3 Å². The van der Waals surface area contributed by atoms with Crippen LogP contribution in [0.2, 0.25) is 5.15 Å². The molecular weight excluding hydrogens is 331 g/mol. The molecule has 0 bridgehead atoms. The van der Waals surface area contributed by atoms with Crippen molar-refractivity contribution in [2.45, 2.75) is 26.1 Å². The molecule has 0 unspecified atom stereocenters. The monoisotopic (exact) mass is 341 g/mol. The summed E-state index contributed by atoms with van der Waals surface area (Å²) in [5, 5.41) is 11.5. The maximum atomic E-state index is 12.6. The Labute approximate surface area is 135 Å². The molecule has 2 aromatic heterocycles. The number of alkyl halides is 3. The molecule has 9 heteroatoms. The molecule has 0 aliphatic rings. The molecule has 120 valence electrons. The van der Waals surface area contributed by atoms with E-state index in [1.807, 2.05) is 6.07 Å². The van der Waals surface area contributed by atoms with Gasteiger partial charge >= 0.3 is 6.18 Å². The molecule has 0 saturated heterocycles. The molecule has 0 fully saturated rings. The van der Waals surface area contributed by atoms with Gasteiger partial charge < -0.3 is 5.32 Å². The Kier molecular flexibility index (Phi) is 4.71. The third-order valence-corrected chi connectivity index (χ3v) is 3.25. The zero-order valence-electron chi connectivity index (χ0n) is 12.1. The van der Waals surface area contributed by atoms with Crippen molar-refractivity contribution in [2.75, 3.05) is 5.32 Å². The van der Waals surface area contributed by atoms with Gasteiger partial charge in [0.15, 0.2) is 0 Å². The Morgan fingerprint density at radius 1 is 1.26 bits per heavy atom. The Morgan fingerprint density at radius 2 is 1.96 bits per heavy atom. The van der Waals surface area contributed by atoms with E-state index in [1.165, 1.54) is 12.1 Å². The number of nitrogens with one attached hydrogen (secondary N) is 1. The van der Waals surface area contributed by atoms with Crippen LogP contribution in [0.15, 0.2) is 18.2 Å². The molecule has 1 N–H and O–H groups in total. The summed E-state index contributed by atoms with van der Waals surface area (Å²) in [5.41, 5.74) is 0.0760. The van der Waals surface area contributed by atoms with Crippen LogP contribution in [-0.2, 0) is 6.18 Å². The molecule has 0 radical (unpaired) electrons. The lowest BCUT2D eigenvalue weighted by Crippen LogP contribution is -2.14. The molecule has 2 rings (SSSR count). The quantitative estimate of drug-likeness (QED) is 0.857. The molecule has 0 spiro atoms. The van der Waals surface area contributed by atoms with Gasteiger partial charge in [0, 0.05) is 11.3 Å². The second-order valence-corrected chi connectivity index (χ2v) is 5.13. The second-order valence-electron chi connectivity index (χ2n) is 4.77. The summed E-state index contributed by atoms with van der Waals surface area (Å²) in [6.45, 7) is 3.37. The second kappa shape index (κ2) is 6.38. The molecule has 1 atom stereocenters. The lowest BCUT2D eigenvalue weighted by molar-refractivity contribution is -0.141. The van der Waals surface area contributed by atoms with Crippen LogP contribution in [0.1, 0.15) is 35.6 Å². The summed E-state index contributed by atoms with van der Waals surface area (Å²) in [4.78, 5) is 11.5. The SMILES string of the molecule is Cc1cc(C#N)nc(N[C@@H](C)c2ccc(C(F)(F)F)nc2Cl)n1. The van der Waals surface area contributed by atoms with Crippen molar-refractivity contribution in [2.24, 2.45) is 0 Å². The van der Waals surface area contributed by atoms with Crippen molar-refractivity contribution in [3.8, 4) is 6.07 Å². The first-order chi connectivity index (χ1) is 10.7. The lowest BCUT2D eigenvalue weighted by Gasteiger charge is -2.16. The van der Waals surface area contributed by atoms with Gasteiger partial charge in [0.25, 0.3) is 0 Å². The maximum Gasteiger partial charge on any atom is 0.433 e. The predicted molar refractivity (Wildman–Crippen MR) is 77.8 cm³/mol. The number of hydrogen-bond donors (Lipinski definition) is 1. The van der Waals surface area contributed by atoms with Crippen molar-refractivity contribution in [3.63, 3.8) is 0 Å². The maximum absolute atomic E-state index is 12.6. The van der Waals surface area contributed by atoms with Crippen LogP contribution in [0.5, 0.6) is 0 Å². The largest absolute Gasteiger partial charge is 0.433 e. The van der Waals surface area contributed by atoms with Gasteiger partial charge in [-0.1, -0.05) is 17.7 Å². The number of aromatic nitrogens is 3. The normalized spacial score (nSPS) is 12.6. The lowest BCUT2D eigenvalue weighted by atomic mass is 10.1. The highest BCUT2D eigenvalue weighted by molar-refractivity contribution is 6.30. The first-order valence-corrected chi connectivity index (χ1v) is 6.84. The summed E-state index contributed by atoms with van der Waals surface area (Å²) >= 11 is 5.84. The van der Waals surface area contributed by atoms with Gasteiger partial charge in [-0.15, -0.1) is 0 Å². The number of aryl methyl sites for hydroxylation is 1. The zero-order valence-corrected chi connectivity index (χ0v) is 12.9. The molecule has 2 heterocycles. The summed E-state index contributed by atoms with van der Waals surface area (Å²) < 4.78 is 37.8. The fourth-order valence-corrected chi connectivity index (χ4v) is 2.21. The van der Waals surface area contributed by atoms with Crippen LogP contribution in [0.25, 0.3) is 0 Å². The molecule has 0 amide bonds. The molecule has 2 aromatic rings.